The monoisotopic (exact) mass is 200 g/mol. The average molecular weight is 200 g/mol. The van der Waals surface area contributed by atoms with Gasteiger partial charge in [-0.2, -0.15) is 0 Å². The van der Waals surface area contributed by atoms with Crippen LogP contribution in [0, 0.1) is 5.92 Å². The number of hydrogen-bond acceptors (Lipinski definition) is 3. The molecule has 1 saturated heterocycles. The third-order valence-corrected chi connectivity index (χ3v) is 2.92. The van der Waals surface area contributed by atoms with Crippen LogP contribution in [0.2, 0.25) is 0 Å². The van der Waals surface area contributed by atoms with Gasteiger partial charge >= 0.3 is 0 Å². The quantitative estimate of drug-likeness (QED) is 0.619. The molecular weight excluding hydrogens is 176 g/mol. The van der Waals surface area contributed by atoms with E-state index in [1.165, 1.54) is 38.9 Å². The van der Waals surface area contributed by atoms with Crippen LogP contribution in [0.15, 0.2) is 0 Å². The minimum absolute atomic E-state index is 0.782. The van der Waals surface area contributed by atoms with Gasteiger partial charge in [0.25, 0.3) is 0 Å². The van der Waals surface area contributed by atoms with Crippen molar-refractivity contribution in [3.05, 3.63) is 0 Å². The number of nitrogens with one attached hydrogen (secondary N) is 1. The fourth-order valence-electron chi connectivity index (χ4n) is 2.12. The molecule has 0 aliphatic carbocycles. The molecule has 0 aromatic heterocycles. The van der Waals surface area contributed by atoms with Crippen LogP contribution in [0.4, 0.5) is 0 Å². The third-order valence-electron chi connectivity index (χ3n) is 2.92. The SMILES string of the molecule is CNCCCCN1CCC(COC)C1. The first kappa shape index (κ1) is 12.0. The molecule has 0 radical (unpaired) electrons. The summed E-state index contributed by atoms with van der Waals surface area (Å²) in [5, 5.41) is 3.18. The molecule has 3 heteroatoms. The van der Waals surface area contributed by atoms with Crippen molar-refractivity contribution in [3.63, 3.8) is 0 Å². The third kappa shape index (κ3) is 4.40. The van der Waals surface area contributed by atoms with Crippen molar-refractivity contribution in [1.29, 1.82) is 0 Å². The molecule has 1 N–H and O–H groups in total. The lowest BCUT2D eigenvalue weighted by atomic mass is 10.1. The summed E-state index contributed by atoms with van der Waals surface area (Å²) in [6.45, 7) is 5.87. The highest BCUT2D eigenvalue weighted by Gasteiger charge is 2.21. The number of ether oxygens (including phenoxy) is 1. The summed E-state index contributed by atoms with van der Waals surface area (Å²) in [6.07, 6.45) is 3.93. The summed E-state index contributed by atoms with van der Waals surface area (Å²) in [5.41, 5.74) is 0. The summed E-state index contributed by atoms with van der Waals surface area (Å²) in [7, 11) is 3.82. The second-order valence-corrected chi connectivity index (χ2v) is 4.22. The van der Waals surface area contributed by atoms with E-state index in [0.29, 0.717) is 0 Å². The lowest BCUT2D eigenvalue weighted by Crippen LogP contribution is -2.23. The highest BCUT2D eigenvalue weighted by molar-refractivity contribution is 4.74. The van der Waals surface area contributed by atoms with Gasteiger partial charge < -0.3 is 15.0 Å². The maximum absolute atomic E-state index is 5.18. The van der Waals surface area contributed by atoms with Gasteiger partial charge in [-0.05, 0) is 51.9 Å². The predicted octanol–water partition coefficient (Wildman–Crippen LogP) is 0.954. The summed E-state index contributed by atoms with van der Waals surface area (Å²) >= 11 is 0. The molecule has 0 amide bonds. The number of likely N-dealkylation sites (tertiary alicyclic amines) is 1. The smallest absolute Gasteiger partial charge is 0.0503 e. The van der Waals surface area contributed by atoms with E-state index in [1.54, 1.807) is 7.11 Å². The molecule has 0 spiro atoms. The maximum Gasteiger partial charge on any atom is 0.0503 e. The minimum Gasteiger partial charge on any atom is -0.384 e. The largest absolute Gasteiger partial charge is 0.384 e. The van der Waals surface area contributed by atoms with Gasteiger partial charge in [-0.25, -0.2) is 0 Å². The molecule has 1 unspecified atom stereocenters. The van der Waals surface area contributed by atoms with Gasteiger partial charge in [-0.15, -0.1) is 0 Å². The highest BCUT2D eigenvalue weighted by atomic mass is 16.5. The van der Waals surface area contributed by atoms with Crippen LogP contribution in [-0.2, 0) is 4.74 Å². The Balaban J connectivity index is 1.98. The number of hydrogen-bond donors (Lipinski definition) is 1. The van der Waals surface area contributed by atoms with Crippen LogP contribution >= 0.6 is 0 Å². The lowest BCUT2D eigenvalue weighted by molar-refractivity contribution is 0.153. The van der Waals surface area contributed by atoms with Gasteiger partial charge in [0.1, 0.15) is 0 Å². The Bertz CT molecular complexity index is 141. The van der Waals surface area contributed by atoms with Crippen molar-refractivity contribution in [2.75, 3.05) is 46.9 Å². The molecular formula is C11H24N2O. The Hall–Kier alpha value is -0.120. The van der Waals surface area contributed by atoms with Crippen LogP contribution < -0.4 is 5.32 Å². The first-order valence-corrected chi connectivity index (χ1v) is 5.72. The fourth-order valence-corrected chi connectivity index (χ4v) is 2.12. The second kappa shape index (κ2) is 7.21. The summed E-state index contributed by atoms with van der Waals surface area (Å²) in [5.74, 6) is 0.782. The second-order valence-electron chi connectivity index (χ2n) is 4.22. The van der Waals surface area contributed by atoms with Gasteiger partial charge in [-0.1, -0.05) is 0 Å². The number of rotatable bonds is 7. The Labute approximate surface area is 87.8 Å². The Morgan fingerprint density at radius 3 is 3.00 bits per heavy atom. The van der Waals surface area contributed by atoms with Crippen LogP contribution in [0.3, 0.4) is 0 Å². The van der Waals surface area contributed by atoms with Crippen molar-refractivity contribution in [1.82, 2.24) is 10.2 Å². The first-order valence-electron chi connectivity index (χ1n) is 5.72. The van der Waals surface area contributed by atoms with Crippen molar-refractivity contribution >= 4 is 0 Å². The van der Waals surface area contributed by atoms with Crippen molar-refractivity contribution < 1.29 is 4.74 Å². The number of unbranched alkanes of at least 4 members (excludes halogenated alkanes) is 1. The van der Waals surface area contributed by atoms with E-state index in [-0.39, 0.29) is 0 Å². The molecule has 1 fully saturated rings. The Kier molecular flexibility index (Phi) is 6.15. The zero-order valence-electron chi connectivity index (χ0n) is 9.59. The molecule has 0 aromatic carbocycles. The van der Waals surface area contributed by atoms with Gasteiger partial charge in [0.05, 0.1) is 6.61 Å². The molecule has 1 atom stereocenters. The predicted molar refractivity (Wildman–Crippen MR) is 59.6 cm³/mol. The number of nitrogens with zero attached hydrogens (tertiary/aromatic N) is 1. The van der Waals surface area contributed by atoms with Crippen LogP contribution in [0.5, 0.6) is 0 Å². The van der Waals surface area contributed by atoms with E-state index < -0.39 is 0 Å². The summed E-state index contributed by atoms with van der Waals surface area (Å²) < 4.78 is 5.18. The van der Waals surface area contributed by atoms with Crippen LogP contribution in [0.1, 0.15) is 19.3 Å². The van der Waals surface area contributed by atoms with Gasteiger partial charge in [0, 0.05) is 13.7 Å². The zero-order valence-corrected chi connectivity index (χ0v) is 9.59. The van der Waals surface area contributed by atoms with E-state index >= 15 is 0 Å². The van der Waals surface area contributed by atoms with E-state index in [9.17, 15) is 0 Å². The maximum atomic E-state index is 5.18. The van der Waals surface area contributed by atoms with Crippen molar-refractivity contribution in [2.45, 2.75) is 19.3 Å². The van der Waals surface area contributed by atoms with E-state index in [4.69, 9.17) is 4.74 Å². The molecule has 1 aliphatic heterocycles. The van der Waals surface area contributed by atoms with Crippen molar-refractivity contribution in [2.24, 2.45) is 5.92 Å². The molecule has 14 heavy (non-hydrogen) atoms. The first-order chi connectivity index (χ1) is 6.86. The van der Waals surface area contributed by atoms with E-state index in [1.807, 2.05) is 7.05 Å². The lowest BCUT2D eigenvalue weighted by Gasteiger charge is -2.15. The van der Waals surface area contributed by atoms with Crippen LogP contribution in [0.25, 0.3) is 0 Å². The van der Waals surface area contributed by atoms with E-state index in [0.717, 1.165) is 19.1 Å². The molecule has 0 saturated carbocycles. The molecule has 84 valence electrons. The standard InChI is InChI=1S/C11H24N2O/c1-12-6-3-4-7-13-8-5-11(9-13)10-14-2/h11-12H,3-10H2,1-2H3. The molecule has 0 bridgehead atoms. The fraction of sp³-hybridized carbons (Fsp3) is 1.00. The van der Waals surface area contributed by atoms with E-state index in [2.05, 4.69) is 10.2 Å². The zero-order chi connectivity index (χ0) is 10.2. The van der Waals surface area contributed by atoms with Gasteiger partial charge in [0.2, 0.25) is 0 Å². The average Bonchev–Trinajstić information content (AvgIpc) is 2.61. The normalized spacial score (nSPS) is 23.1. The topological polar surface area (TPSA) is 24.5 Å². The Morgan fingerprint density at radius 1 is 1.43 bits per heavy atom. The molecule has 0 aromatic rings. The van der Waals surface area contributed by atoms with Gasteiger partial charge in [-0.3, -0.25) is 0 Å². The highest BCUT2D eigenvalue weighted by Crippen LogP contribution is 2.16. The summed E-state index contributed by atoms with van der Waals surface area (Å²) in [4.78, 5) is 2.57. The molecule has 1 rings (SSSR count). The number of methoxy groups -OCH3 is 1. The van der Waals surface area contributed by atoms with Gasteiger partial charge in [0.15, 0.2) is 0 Å². The minimum atomic E-state index is 0.782. The Morgan fingerprint density at radius 2 is 2.29 bits per heavy atom. The molecule has 1 heterocycles. The molecule has 1 aliphatic rings. The summed E-state index contributed by atoms with van der Waals surface area (Å²) in [6, 6.07) is 0. The van der Waals surface area contributed by atoms with Crippen LogP contribution in [-0.4, -0.2) is 51.8 Å². The van der Waals surface area contributed by atoms with Crippen molar-refractivity contribution in [3.8, 4) is 0 Å². The molecule has 3 nitrogen and oxygen atoms in total.